The van der Waals surface area contributed by atoms with E-state index in [1.165, 1.54) is 12.8 Å². The van der Waals surface area contributed by atoms with Crippen molar-refractivity contribution in [2.75, 3.05) is 26.9 Å². The molecule has 0 aliphatic carbocycles. The van der Waals surface area contributed by atoms with Gasteiger partial charge >= 0.3 is 0 Å². The number of hydrogen-bond acceptors (Lipinski definition) is 2. The Hall–Kier alpha value is -0.0800. The van der Waals surface area contributed by atoms with Crippen molar-refractivity contribution in [2.24, 2.45) is 0 Å². The highest BCUT2D eigenvalue weighted by atomic mass is 16.5. The Bertz CT molecular complexity index is 41.6. The normalized spacial score (nSPS) is 16.2. The van der Waals surface area contributed by atoms with Crippen molar-refractivity contribution in [3.63, 3.8) is 0 Å². The van der Waals surface area contributed by atoms with E-state index in [1.807, 2.05) is 0 Å². The summed E-state index contributed by atoms with van der Waals surface area (Å²) in [4.78, 5) is 0. The molecule has 2 heteroatoms. The summed E-state index contributed by atoms with van der Waals surface area (Å²) in [6.07, 6.45) is 3.68. The highest BCUT2D eigenvalue weighted by Crippen LogP contribution is 1.98. The lowest BCUT2D eigenvalue weighted by atomic mass is 10.4. The zero-order valence-electron chi connectivity index (χ0n) is 7.06. The molecule has 62 valence electrons. The average Bonchev–Trinajstić information content (AvgIpc) is 2.44. The molecule has 10 heavy (non-hydrogen) atoms. The second kappa shape index (κ2) is 8.92. The molecule has 0 atom stereocenters. The van der Waals surface area contributed by atoms with Crippen molar-refractivity contribution < 1.29 is 9.47 Å². The third kappa shape index (κ3) is 7.92. The van der Waals surface area contributed by atoms with E-state index in [0.717, 1.165) is 26.2 Å². The quantitative estimate of drug-likeness (QED) is 0.592. The van der Waals surface area contributed by atoms with Crippen molar-refractivity contribution in [3.05, 3.63) is 0 Å². The molecule has 1 aliphatic heterocycles. The van der Waals surface area contributed by atoms with E-state index < -0.39 is 0 Å². The first-order valence-electron chi connectivity index (χ1n) is 3.98. The fourth-order valence-corrected chi connectivity index (χ4v) is 0.714. The van der Waals surface area contributed by atoms with Crippen LogP contribution in [0, 0.1) is 0 Å². The van der Waals surface area contributed by atoms with Crippen LogP contribution in [-0.4, -0.2) is 26.9 Å². The van der Waals surface area contributed by atoms with Crippen molar-refractivity contribution in [2.45, 2.75) is 26.2 Å². The molecule has 0 saturated carbocycles. The molecule has 1 aliphatic rings. The summed E-state index contributed by atoms with van der Waals surface area (Å²) in [6.45, 7) is 4.98. The predicted octanol–water partition coefficient (Wildman–Crippen LogP) is 1.84. The van der Waals surface area contributed by atoms with Crippen molar-refractivity contribution in [3.8, 4) is 0 Å². The van der Waals surface area contributed by atoms with Gasteiger partial charge in [-0.15, -0.1) is 0 Å². The SMILES string of the molecule is C1CCOC1.CCCOC. The lowest BCUT2D eigenvalue weighted by molar-refractivity contribution is 0.198. The van der Waals surface area contributed by atoms with Crippen LogP contribution < -0.4 is 0 Å². The van der Waals surface area contributed by atoms with E-state index in [-0.39, 0.29) is 0 Å². The Kier molecular flexibility index (Phi) is 8.85. The smallest absolute Gasteiger partial charge is 0.0466 e. The van der Waals surface area contributed by atoms with E-state index in [1.54, 1.807) is 7.11 Å². The van der Waals surface area contributed by atoms with E-state index >= 15 is 0 Å². The zero-order valence-corrected chi connectivity index (χ0v) is 7.06. The Morgan fingerprint density at radius 2 is 1.90 bits per heavy atom. The number of methoxy groups -OCH3 is 1. The minimum absolute atomic E-state index is 0.889. The Balaban J connectivity index is 0.000000162. The summed E-state index contributed by atoms with van der Waals surface area (Å²) in [5.74, 6) is 0. The van der Waals surface area contributed by atoms with Gasteiger partial charge in [0.25, 0.3) is 0 Å². The third-order valence-corrected chi connectivity index (χ3v) is 1.24. The molecule has 0 aromatic carbocycles. The van der Waals surface area contributed by atoms with Crippen LogP contribution in [-0.2, 0) is 9.47 Å². The molecular weight excluding hydrogens is 128 g/mol. The first-order chi connectivity index (χ1) is 4.91. The number of hydrogen-bond donors (Lipinski definition) is 0. The molecule has 0 aromatic rings. The summed E-state index contributed by atoms with van der Waals surface area (Å²) >= 11 is 0. The molecule has 1 fully saturated rings. The molecule has 0 aromatic heterocycles. The van der Waals surface area contributed by atoms with Crippen LogP contribution >= 0.6 is 0 Å². The van der Waals surface area contributed by atoms with Gasteiger partial charge in [0, 0.05) is 26.9 Å². The van der Waals surface area contributed by atoms with Crippen LogP contribution in [0.2, 0.25) is 0 Å². The van der Waals surface area contributed by atoms with E-state index in [2.05, 4.69) is 6.92 Å². The number of rotatable bonds is 2. The maximum absolute atomic E-state index is 4.94. The summed E-state index contributed by atoms with van der Waals surface area (Å²) < 4.78 is 9.64. The predicted molar refractivity (Wildman–Crippen MR) is 42.2 cm³/mol. The molecule has 0 amide bonds. The summed E-state index contributed by atoms with van der Waals surface area (Å²) in [6, 6.07) is 0. The first-order valence-corrected chi connectivity index (χ1v) is 3.98. The molecule has 2 nitrogen and oxygen atoms in total. The average molecular weight is 146 g/mol. The molecule has 0 unspecified atom stereocenters. The minimum Gasteiger partial charge on any atom is -0.385 e. The topological polar surface area (TPSA) is 18.5 Å². The standard InChI is InChI=1S/C4H8O.C4H10O/c1-2-4-5-3-1;1-3-4-5-2/h1-4H2;3-4H2,1-2H3. The van der Waals surface area contributed by atoms with Crippen molar-refractivity contribution in [1.29, 1.82) is 0 Å². The van der Waals surface area contributed by atoms with Gasteiger partial charge in [0.15, 0.2) is 0 Å². The lowest BCUT2D eigenvalue weighted by Gasteiger charge is -1.84. The highest BCUT2D eigenvalue weighted by Gasteiger charge is 1.94. The van der Waals surface area contributed by atoms with Crippen LogP contribution in [0.4, 0.5) is 0 Å². The van der Waals surface area contributed by atoms with E-state index in [0.29, 0.717) is 0 Å². The Morgan fingerprint density at radius 1 is 1.30 bits per heavy atom. The van der Waals surface area contributed by atoms with Gasteiger partial charge in [-0.25, -0.2) is 0 Å². The van der Waals surface area contributed by atoms with E-state index in [4.69, 9.17) is 9.47 Å². The van der Waals surface area contributed by atoms with Gasteiger partial charge < -0.3 is 9.47 Å². The van der Waals surface area contributed by atoms with Crippen molar-refractivity contribution >= 4 is 0 Å². The molecule has 1 saturated heterocycles. The van der Waals surface area contributed by atoms with Crippen molar-refractivity contribution in [1.82, 2.24) is 0 Å². The minimum atomic E-state index is 0.889. The van der Waals surface area contributed by atoms with Crippen LogP contribution in [0.3, 0.4) is 0 Å². The molecular formula is C8H18O2. The number of ether oxygens (including phenoxy) is 2. The van der Waals surface area contributed by atoms with Crippen LogP contribution in [0.5, 0.6) is 0 Å². The maximum atomic E-state index is 4.94. The van der Waals surface area contributed by atoms with Crippen LogP contribution in [0.15, 0.2) is 0 Å². The monoisotopic (exact) mass is 146 g/mol. The van der Waals surface area contributed by atoms with E-state index in [9.17, 15) is 0 Å². The zero-order chi connectivity index (χ0) is 7.66. The summed E-state index contributed by atoms with van der Waals surface area (Å²) in [5, 5.41) is 0. The maximum Gasteiger partial charge on any atom is 0.0466 e. The Labute approximate surface area is 63.5 Å². The molecule has 0 radical (unpaired) electrons. The summed E-state index contributed by atoms with van der Waals surface area (Å²) in [7, 11) is 1.71. The largest absolute Gasteiger partial charge is 0.385 e. The third-order valence-electron chi connectivity index (χ3n) is 1.24. The molecule has 1 rings (SSSR count). The van der Waals surface area contributed by atoms with Gasteiger partial charge in [0.1, 0.15) is 0 Å². The molecule has 0 bridgehead atoms. The Morgan fingerprint density at radius 3 is 2.00 bits per heavy atom. The second-order valence-corrected chi connectivity index (χ2v) is 2.31. The summed E-state index contributed by atoms with van der Waals surface area (Å²) in [5.41, 5.74) is 0. The lowest BCUT2D eigenvalue weighted by Crippen LogP contribution is -1.80. The van der Waals surface area contributed by atoms with Crippen LogP contribution in [0.1, 0.15) is 26.2 Å². The van der Waals surface area contributed by atoms with Gasteiger partial charge in [-0.2, -0.15) is 0 Å². The fourth-order valence-electron chi connectivity index (χ4n) is 0.714. The van der Waals surface area contributed by atoms with Gasteiger partial charge in [-0.1, -0.05) is 6.92 Å². The molecule has 0 N–H and O–H groups in total. The van der Waals surface area contributed by atoms with Gasteiger partial charge in [0.05, 0.1) is 0 Å². The van der Waals surface area contributed by atoms with Crippen LogP contribution in [0.25, 0.3) is 0 Å². The van der Waals surface area contributed by atoms with Gasteiger partial charge in [-0.3, -0.25) is 0 Å². The molecule has 0 spiro atoms. The second-order valence-electron chi connectivity index (χ2n) is 2.31. The molecule has 1 heterocycles. The fraction of sp³-hybridized carbons (Fsp3) is 1.00. The first kappa shape index (κ1) is 9.92. The van der Waals surface area contributed by atoms with Gasteiger partial charge in [-0.05, 0) is 19.3 Å². The highest BCUT2D eigenvalue weighted by molar-refractivity contribution is 4.43. The van der Waals surface area contributed by atoms with Gasteiger partial charge in [0.2, 0.25) is 0 Å².